The van der Waals surface area contributed by atoms with Crippen LogP contribution < -0.4 is 16.0 Å². The van der Waals surface area contributed by atoms with Crippen LogP contribution in [0.5, 0.6) is 0 Å². The predicted molar refractivity (Wildman–Crippen MR) is 203 cm³/mol. The summed E-state index contributed by atoms with van der Waals surface area (Å²) in [4.78, 5) is 55.0. The lowest BCUT2D eigenvalue weighted by atomic mass is 9.72. The first-order chi connectivity index (χ1) is 23.9. The van der Waals surface area contributed by atoms with E-state index in [2.05, 4.69) is 36.7 Å². The molecule has 1 aliphatic rings. The van der Waals surface area contributed by atoms with Crippen LogP contribution in [-0.4, -0.2) is 35.5 Å². The van der Waals surface area contributed by atoms with E-state index in [0.29, 0.717) is 27.7 Å². The molecular formula is C40H43N3O5S2. The Morgan fingerprint density at radius 3 is 2.34 bits per heavy atom. The number of amides is 3. The van der Waals surface area contributed by atoms with Gasteiger partial charge in [0.25, 0.3) is 11.8 Å². The van der Waals surface area contributed by atoms with Gasteiger partial charge in [-0.15, -0.1) is 23.1 Å². The third kappa shape index (κ3) is 9.31. The van der Waals surface area contributed by atoms with Crippen molar-refractivity contribution in [3.63, 3.8) is 0 Å². The molecule has 8 nitrogen and oxygen atoms in total. The monoisotopic (exact) mass is 709 g/mol. The average Bonchev–Trinajstić information content (AvgIpc) is 3.45. The molecule has 3 amide bonds. The Kier molecular flexibility index (Phi) is 12.0. The summed E-state index contributed by atoms with van der Waals surface area (Å²) < 4.78 is 5.41. The van der Waals surface area contributed by atoms with Crippen LogP contribution in [0.15, 0.2) is 95.5 Å². The van der Waals surface area contributed by atoms with Crippen molar-refractivity contribution < 1.29 is 23.9 Å². The number of hydrogen-bond acceptors (Lipinski definition) is 7. The topological polar surface area (TPSA) is 114 Å². The number of carbonyl (C=O) groups is 4. The molecule has 0 radical (unpaired) electrons. The van der Waals surface area contributed by atoms with E-state index in [1.54, 1.807) is 62.4 Å². The molecule has 2 unspecified atom stereocenters. The molecule has 260 valence electrons. The zero-order valence-electron chi connectivity index (χ0n) is 29.0. The summed E-state index contributed by atoms with van der Waals surface area (Å²) >= 11 is 2.81. The Balaban J connectivity index is 1.29. The molecule has 0 spiro atoms. The molecule has 5 rings (SSSR count). The van der Waals surface area contributed by atoms with Gasteiger partial charge in [0.2, 0.25) is 5.91 Å². The number of ether oxygens (including phenoxy) is 1. The number of carbonyl (C=O) groups excluding carboxylic acids is 4. The van der Waals surface area contributed by atoms with Crippen molar-refractivity contribution in [1.82, 2.24) is 5.32 Å². The van der Waals surface area contributed by atoms with Crippen LogP contribution in [-0.2, 0) is 27.2 Å². The van der Waals surface area contributed by atoms with E-state index in [0.717, 1.165) is 40.2 Å². The van der Waals surface area contributed by atoms with Crippen molar-refractivity contribution in [3.8, 4) is 0 Å². The molecule has 1 aliphatic carbocycles. The second-order valence-corrected chi connectivity index (χ2v) is 15.8. The van der Waals surface area contributed by atoms with Gasteiger partial charge in [-0.25, -0.2) is 4.79 Å². The third-order valence-corrected chi connectivity index (χ3v) is 10.9. The molecule has 1 heterocycles. The van der Waals surface area contributed by atoms with Crippen molar-refractivity contribution >= 4 is 63.6 Å². The van der Waals surface area contributed by atoms with E-state index >= 15 is 0 Å². The van der Waals surface area contributed by atoms with Crippen LogP contribution >= 0.6 is 23.1 Å². The van der Waals surface area contributed by atoms with E-state index in [4.69, 9.17) is 4.74 Å². The van der Waals surface area contributed by atoms with Gasteiger partial charge in [-0.2, -0.15) is 0 Å². The minimum atomic E-state index is -0.517. The Morgan fingerprint density at radius 1 is 0.960 bits per heavy atom. The average molecular weight is 710 g/mol. The number of thiophene rings is 1. The molecule has 0 saturated carbocycles. The summed E-state index contributed by atoms with van der Waals surface area (Å²) in [6.45, 7) is 10.6. The SMILES string of the molecule is CCOC(=O)c1c(NC(=O)C(C)Sc2cccc(NC(=O)/C(=C/c3ccccc3)NC(=O)c3ccccc3)c2)sc2c1CCC(C(C)(C)C)C2. The standard InChI is InChI=1S/C40H43N3O5S2/c1-6-48-39(47)34-31-21-20-28(40(3,4)5)23-33(31)50-38(34)43-35(44)25(2)49-30-19-13-18-29(24-30)41-37(46)32(22-26-14-9-7-10-15-26)42-36(45)27-16-11-8-12-17-27/h7-19,22,24-25,28H,6,20-21,23H2,1-5H3,(H,41,46)(H,42,45)(H,43,44)/b32-22-. The van der Waals surface area contributed by atoms with Crippen LogP contribution in [0.4, 0.5) is 10.7 Å². The summed E-state index contributed by atoms with van der Waals surface area (Å²) in [5.74, 6) is -1.05. The number of esters is 1. The van der Waals surface area contributed by atoms with Crippen molar-refractivity contribution in [1.29, 1.82) is 0 Å². The van der Waals surface area contributed by atoms with Gasteiger partial charge in [0.15, 0.2) is 0 Å². The number of nitrogens with one attached hydrogen (secondary N) is 3. The second-order valence-electron chi connectivity index (χ2n) is 13.3. The number of thioether (sulfide) groups is 1. The molecule has 4 aromatic rings. The number of hydrogen-bond donors (Lipinski definition) is 3. The summed E-state index contributed by atoms with van der Waals surface area (Å²) in [5.41, 5.74) is 3.38. The van der Waals surface area contributed by atoms with Crippen LogP contribution in [0.3, 0.4) is 0 Å². The maximum Gasteiger partial charge on any atom is 0.341 e. The molecule has 0 aliphatic heterocycles. The third-order valence-electron chi connectivity index (χ3n) is 8.62. The quantitative estimate of drug-likeness (QED) is 0.0817. The van der Waals surface area contributed by atoms with E-state index in [9.17, 15) is 19.2 Å². The summed E-state index contributed by atoms with van der Waals surface area (Å²) in [6.07, 6.45) is 4.25. The van der Waals surface area contributed by atoms with Crippen LogP contribution in [0.1, 0.15) is 77.8 Å². The fraction of sp³-hybridized carbons (Fsp3) is 0.300. The van der Waals surface area contributed by atoms with E-state index < -0.39 is 23.0 Å². The van der Waals surface area contributed by atoms with Gasteiger partial charge in [0, 0.05) is 21.0 Å². The van der Waals surface area contributed by atoms with Crippen LogP contribution in [0.2, 0.25) is 0 Å². The Labute approximate surface area is 302 Å². The lowest BCUT2D eigenvalue weighted by Crippen LogP contribution is -2.30. The fourth-order valence-electron chi connectivity index (χ4n) is 5.81. The molecule has 50 heavy (non-hydrogen) atoms. The van der Waals surface area contributed by atoms with Crippen molar-refractivity contribution in [3.05, 3.63) is 118 Å². The van der Waals surface area contributed by atoms with E-state index in [1.165, 1.54) is 23.1 Å². The van der Waals surface area contributed by atoms with Gasteiger partial charge in [-0.05, 0) is 92.0 Å². The molecule has 10 heteroatoms. The number of rotatable bonds is 11. The molecule has 1 aromatic heterocycles. The summed E-state index contributed by atoms with van der Waals surface area (Å²) in [7, 11) is 0. The summed E-state index contributed by atoms with van der Waals surface area (Å²) in [5, 5.41) is 8.70. The van der Waals surface area contributed by atoms with E-state index in [-0.39, 0.29) is 23.6 Å². The Hall–Kier alpha value is -4.67. The zero-order chi connectivity index (χ0) is 35.8. The van der Waals surface area contributed by atoms with Gasteiger partial charge in [-0.3, -0.25) is 14.4 Å². The first-order valence-corrected chi connectivity index (χ1v) is 18.5. The highest BCUT2D eigenvalue weighted by atomic mass is 32.2. The smallest absolute Gasteiger partial charge is 0.341 e. The van der Waals surface area contributed by atoms with Crippen molar-refractivity contribution in [2.75, 3.05) is 17.2 Å². The summed E-state index contributed by atoms with van der Waals surface area (Å²) in [6, 6.07) is 25.1. The lowest BCUT2D eigenvalue weighted by molar-refractivity contribution is -0.115. The molecule has 3 N–H and O–H groups in total. The number of fused-ring (bicyclic) bond motifs is 1. The van der Waals surface area contributed by atoms with Crippen LogP contribution in [0.25, 0.3) is 6.08 Å². The molecule has 3 aromatic carbocycles. The first kappa shape index (κ1) is 36.6. The minimum Gasteiger partial charge on any atom is -0.462 e. The zero-order valence-corrected chi connectivity index (χ0v) is 30.6. The highest BCUT2D eigenvalue weighted by Crippen LogP contribution is 2.44. The second kappa shape index (κ2) is 16.4. The Morgan fingerprint density at radius 2 is 1.66 bits per heavy atom. The van der Waals surface area contributed by atoms with Gasteiger partial charge in [-0.1, -0.05) is 75.4 Å². The highest BCUT2D eigenvalue weighted by molar-refractivity contribution is 8.00. The molecule has 0 saturated heterocycles. The molecular weight excluding hydrogens is 667 g/mol. The van der Waals surface area contributed by atoms with Crippen molar-refractivity contribution in [2.45, 2.75) is 64.0 Å². The predicted octanol–water partition coefficient (Wildman–Crippen LogP) is 8.60. The minimum absolute atomic E-state index is 0.0840. The maximum absolute atomic E-state index is 13.5. The first-order valence-electron chi connectivity index (χ1n) is 16.8. The van der Waals surface area contributed by atoms with Gasteiger partial charge in [0.1, 0.15) is 10.7 Å². The molecule has 2 atom stereocenters. The normalized spacial score (nSPS) is 15.0. The van der Waals surface area contributed by atoms with Crippen molar-refractivity contribution in [2.24, 2.45) is 11.3 Å². The fourth-order valence-corrected chi connectivity index (χ4v) is 8.05. The van der Waals surface area contributed by atoms with Crippen LogP contribution in [0, 0.1) is 11.3 Å². The maximum atomic E-state index is 13.5. The highest BCUT2D eigenvalue weighted by Gasteiger charge is 2.35. The van der Waals surface area contributed by atoms with Gasteiger partial charge < -0.3 is 20.7 Å². The van der Waals surface area contributed by atoms with Gasteiger partial charge >= 0.3 is 5.97 Å². The largest absolute Gasteiger partial charge is 0.462 e. The molecule has 0 bridgehead atoms. The Bertz CT molecular complexity index is 1880. The number of benzene rings is 3. The van der Waals surface area contributed by atoms with Gasteiger partial charge in [0.05, 0.1) is 17.4 Å². The molecule has 0 fully saturated rings. The van der Waals surface area contributed by atoms with E-state index in [1.807, 2.05) is 42.5 Å². The lowest BCUT2D eigenvalue weighted by Gasteiger charge is -2.33. The number of anilines is 2.